The van der Waals surface area contributed by atoms with Crippen molar-refractivity contribution in [2.24, 2.45) is 0 Å². The maximum absolute atomic E-state index is 9.10. The zero-order chi connectivity index (χ0) is 14.8. The molecule has 0 aliphatic heterocycles. The summed E-state index contributed by atoms with van der Waals surface area (Å²) in [6.45, 7) is 3.27. The number of nitrogens with one attached hydrogen (secondary N) is 1. The maximum Gasteiger partial charge on any atom is 0.0589 e. The molecule has 0 bridgehead atoms. The van der Waals surface area contributed by atoms with Crippen molar-refractivity contribution in [3.05, 3.63) is 34.9 Å². The number of benzene rings is 1. The molecular weight excluding hydrogens is 276 g/mol. The van der Waals surface area contributed by atoms with Gasteiger partial charge in [-0.15, -0.1) is 0 Å². The highest BCUT2D eigenvalue weighted by Crippen LogP contribution is 2.20. The van der Waals surface area contributed by atoms with Crippen LogP contribution >= 0.6 is 11.6 Å². The lowest BCUT2D eigenvalue weighted by atomic mass is 10.0. The molecule has 0 aromatic heterocycles. The van der Waals surface area contributed by atoms with Crippen molar-refractivity contribution in [3.8, 4) is 0 Å². The van der Waals surface area contributed by atoms with Crippen LogP contribution in [0.5, 0.6) is 0 Å². The molecule has 20 heavy (non-hydrogen) atoms. The molecule has 114 valence electrons. The highest BCUT2D eigenvalue weighted by Gasteiger charge is 2.12. The van der Waals surface area contributed by atoms with E-state index in [-0.39, 0.29) is 12.6 Å². The molecule has 0 heterocycles. The molecule has 5 heteroatoms. The van der Waals surface area contributed by atoms with E-state index in [2.05, 4.69) is 16.3 Å². The van der Waals surface area contributed by atoms with Gasteiger partial charge in [0.05, 0.1) is 13.2 Å². The summed E-state index contributed by atoms with van der Waals surface area (Å²) >= 11 is 6.04. The van der Waals surface area contributed by atoms with Crippen LogP contribution in [-0.2, 0) is 4.74 Å². The molecule has 1 rings (SSSR count). The summed E-state index contributed by atoms with van der Waals surface area (Å²) in [4.78, 5) is 2.21. The zero-order valence-corrected chi connectivity index (χ0v) is 13.1. The molecule has 1 unspecified atom stereocenters. The van der Waals surface area contributed by atoms with Crippen LogP contribution in [0.3, 0.4) is 0 Å². The molecule has 0 saturated heterocycles. The van der Waals surface area contributed by atoms with Gasteiger partial charge in [-0.25, -0.2) is 0 Å². The maximum atomic E-state index is 9.10. The average molecular weight is 301 g/mol. The van der Waals surface area contributed by atoms with Crippen molar-refractivity contribution in [2.45, 2.75) is 12.5 Å². The van der Waals surface area contributed by atoms with E-state index in [4.69, 9.17) is 21.4 Å². The SMILES string of the molecule is CNC(CCN(CCO)CCOC)c1cccc(Cl)c1. The molecule has 1 atom stereocenters. The number of nitrogens with zero attached hydrogens (tertiary/aromatic N) is 1. The van der Waals surface area contributed by atoms with Crippen LogP contribution in [0.2, 0.25) is 5.02 Å². The third kappa shape index (κ3) is 6.20. The zero-order valence-electron chi connectivity index (χ0n) is 12.3. The van der Waals surface area contributed by atoms with Crippen LogP contribution in [0.4, 0.5) is 0 Å². The third-order valence-electron chi connectivity index (χ3n) is 3.36. The Morgan fingerprint density at radius 1 is 1.35 bits per heavy atom. The Morgan fingerprint density at radius 3 is 2.75 bits per heavy atom. The Labute approximate surface area is 126 Å². The van der Waals surface area contributed by atoms with E-state index >= 15 is 0 Å². The van der Waals surface area contributed by atoms with E-state index in [9.17, 15) is 0 Å². The Bertz CT molecular complexity index is 377. The van der Waals surface area contributed by atoms with Crippen molar-refractivity contribution < 1.29 is 9.84 Å². The lowest BCUT2D eigenvalue weighted by Gasteiger charge is -2.24. The lowest BCUT2D eigenvalue weighted by molar-refractivity contribution is 0.128. The topological polar surface area (TPSA) is 44.7 Å². The van der Waals surface area contributed by atoms with E-state index in [0.717, 1.165) is 24.5 Å². The van der Waals surface area contributed by atoms with E-state index in [1.165, 1.54) is 5.56 Å². The van der Waals surface area contributed by atoms with Crippen molar-refractivity contribution in [2.75, 3.05) is 47.0 Å². The largest absolute Gasteiger partial charge is 0.395 e. The van der Waals surface area contributed by atoms with Crippen LogP contribution in [0.25, 0.3) is 0 Å². The Kier molecular flexibility index (Phi) is 8.82. The Morgan fingerprint density at radius 2 is 2.15 bits per heavy atom. The number of halogens is 1. The van der Waals surface area contributed by atoms with Gasteiger partial charge in [-0.2, -0.15) is 0 Å². The molecule has 2 N–H and O–H groups in total. The summed E-state index contributed by atoms with van der Waals surface area (Å²) in [7, 11) is 3.65. The minimum atomic E-state index is 0.172. The van der Waals surface area contributed by atoms with Crippen LogP contribution < -0.4 is 5.32 Å². The number of ether oxygens (including phenoxy) is 1. The van der Waals surface area contributed by atoms with Gasteiger partial charge in [0, 0.05) is 37.8 Å². The Hall–Kier alpha value is -0.650. The number of methoxy groups -OCH3 is 1. The monoisotopic (exact) mass is 300 g/mol. The van der Waals surface area contributed by atoms with Crippen LogP contribution in [0.1, 0.15) is 18.0 Å². The first kappa shape index (κ1) is 17.4. The summed E-state index contributed by atoms with van der Waals surface area (Å²) < 4.78 is 5.10. The van der Waals surface area contributed by atoms with Gasteiger partial charge in [0.25, 0.3) is 0 Å². The van der Waals surface area contributed by atoms with Crippen molar-refractivity contribution in [1.29, 1.82) is 0 Å². The Balaban J connectivity index is 2.54. The van der Waals surface area contributed by atoms with E-state index in [1.807, 2.05) is 25.2 Å². The quantitative estimate of drug-likeness (QED) is 0.693. The summed E-state index contributed by atoms with van der Waals surface area (Å²) in [6.07, 6.45) is 0.959. The second-order valence-electron chi connectivity index (χ2n) is 4.74. The second-order valence-corrected chi connectivity index (χ2v) is 5.18. The fourth-order valence-electron chi connectivity index (χ4n) is 2.21. The molecule has 1 aromatic rings. The van der Waals surface area contributed by atoms with Gasteiger partial charge < -0.3 is 15.2 Å². The van der Waals surface area contributed by atoms with Crippen LogP contribution in [0.15, 0.2) is 24.3 Å². The highest BCUT2D eigenvalue weighted by atomic mass is 35.5. The predicted molar refractivity (Wildman–Crippen MR) is 83.3 cm³/mol. The van der Waals surface area contributed by atoms with E-state index in [0.29, 0.717) is 13.2 Å². The molecule has 0 spiro atoms. The van der Waals surface area contributed by atoms with Crippen LogP contribution in [-0.4, -0.2) is 57.0 Å². The molecule has 4 nitrogen and oxygen atoms in total. The summed E-state index contributed by atoms with van der Waals surface area (Å²) in [5, 5.41) is 13.2. The minimum absolute atomic E-state index is 0.172. The molecular formula is C15H25ClN2O2. The normalized spacial score (nSPS) is 12.8. The number of rotatable bonds is 10. The average Bonchev–Trinajstić information content (AvgIpc) is 2.45. The van der Waals surface area contributed by atoms with Crippen molar-refractivity contribution >= 4 is 11.6 Å². The van der Waals surface area contributed by atoms with Gasteiger partial charge in [-0.3, -0.25) is 4.90 Å². The first-order valence-corrected chi connectivity index (χ1v) is 7.34. The van der Waals surface area contributed by atoms with E-state index < -0.39 is 0 Å². The molecule has 0 fully saturated rings. The predicted octanol–water partition coefficient (Wildman–Crippen LogP) is 1.93. The fraction of sp³-hybridized carbons (Fsp3) is 0.600. The molecule has 0 radical (unpaired) electrons. The number of hydrogen-bond donors (Lipinski definition) is 2. The standard InChI is InChI=1S/C15H25ClN2O2/c1-17-15(13-4-3-5-14(16)12-13)6-7-18(8-10-19)9-11-20-2/h3-5,12,15,17,19H,6-11H2,1-2H3. The van der Waals surface area contributed by atoms with Crippen LogP contribution in [0, 0.1) is 0 Å². The number of hydrogen-bond acceptors (Lipinski definition) is 4. The van der Waals surface area contributed by atoms with Gasteiger partial charge in [0.2, 0.25) is 0 Å². The molecule has 0 saturated carbocycles. The van der Waals surface area contributed by atoms with Crippen molar-refractivity contribution in [3.63, 3.8) is 0 Å². The van der Waals surface area contributed by atoms with Gasteiger partial charge in [0.15, 0.2) is 0 Å². The number of aliphatic hydroxyl groups is 1. The van der Waals surface area contributed by atoms with Gasteiger partial charge in [-0.1, -0.05) is 23.7 Å². The van der Waals surface area contributed by atoms with Crippen molar-refractivity contribution in [1.82, 2.24) is 10.2 Å². The second kappa shape index (κ2) is 10.1. The first-order chi connectivity index (χ1) is 9.71. The third-order valence-corrected chi connectivity index (χ3v) is 3.60. The summed E-state index contributed by atoms with van der Waals surface area (Å²) in [5.41, 5.74) is 1.19. The van der Waals surface area contributed by atoms with Gasteiger partial charge in [0.1, 0.15) is 0 Å². The molecule has 0 aliphatic rings. The summed E-state index contributed by atoms with van der Waals surface area (Å²) in [6, 6.07) is 8.19. The fourth-order valence-corrected chi connectivity index (χ4v) is 2.41. The number of aliphatic hydroxyl groups excluding tert-OH is 1. The highest BCUT2D eigenvalue weighted by molar-refractivity contribution is 6.30. The van der Waals surface area contributed by atoms with E-state index in [1.54, 1.807) is 7.11 Å². The minimum Gasteiger partial charge on any atom is -0.395 e. The molecule has 0 amide bonds. The van der Waals surface area contributed by atoms with Gasteiger partial charge >= 0.3 is 0 Å². The lowest BCUT2D eigenvalue weighted by Crippen LogP contribution is -2.33. The smallest absolute Gasteiger partial charge is 0.0589 e. The molecule has 0 aliphatic carbocycles. The summed E-state index contributed by atoms with van der Waals surface area (Å²) in [5.74, 6) is 0. The molecule has 1 aromatic carbocycles. The van der Waals surface area contributed by atoms with Gasteiger partial charge in [-0.05, 0) is 31.2 Å². The first-order valence-electron chi connectivity index (χ1n) is 6.96.